The fraction of sp³-hybridized carbons (Fsp3) is 0.500. The van der Waals surface area contributed by atoms with E-state index >= 15 is 0 Å². The van der Waals surface area contributed by atoms with Gasteiger partial charge < -0.3 is 40.9 Å². The third-order valence-electron chi connectivity index (χ3n) is 0.129. The first-order valence-corrected chi connectivity index (χ1v) is 2.49. The number of nitrogens with two attached hydrogens (primary N) is 1. The summed E-state index contributed by atoms with van der Waals surface area (Å²) >= 11 is 0. The molecule has 5 N–H and O–H groups in total. The zero-order chi connectivity index (χ0) is 10.6. The van der Waals surface area contributed by atoms with E-state index in [9.17, 15) is 0 Å². The topological polar surface area (TPSA) is 167 Å². The van der Waals surface area contributed by atoms with Crippen LogP contribution in [0.1, 0.15) is 0 Å². The maximum atomic E-state index is 8.44. The van der Waals surface area contributed by atoms with Gasteiger partial charge in [-0.1, -0.05) is 0 Å². The van der Waals surface area contributed by atoms with Gasteiger partial charge in [0.2, 0.25) is 12.3 Å². The SMILES string of the molecule is NCCO.O=C([O-])O.O=C([O-])O.[Ca+2]. The Bertz CT molecular complexity index is 97.1. The number of aliphatic hydroxyl groups excluding tert-OH is 1. The molecule has 0 saturated heterocycles. The van der Waals surface area contributed by atoms with Gasteiger partial charge >= 0.3 is 37.7 Å². The Balaban J connectivity index is -0.0000000450. The summed E-state index contributed by atoms with van der Waals surface area (Å²) in [4.78, 5) is 16.9. The molecule has 74 valence electrons. The number of carbonyl (C=O) groups is 2. The van der Waals surface area contributed by atoms with E-state index in [1.807, 2.05) is 0 Å². The van der Waals surface area contributed by atoms with Crippen molar-refractivity contribution in [3.05, 3.63) is 0 Å². The number of rotatable bonds is 1. The van der Waals surface area contributed by atoms with Gasteiger partial charge in [0.15, 0.2) is 0 Å². The zero-order valence-corrected chi connectivity index (χ0v) is 8.88. The molecule has 0 unspecified atom stereocenters. The molecule has 0 aromatic carbocycles. The molecule has 0 fully saturated rings. The number of hydrogen-bond acceptors (Lipinski definition) is 6. The fourth-order valence-electron chi connectivity index (χ4n) is 0. The normalized spacial score (nSPS) is 6.00. The molecule has 0 rings (SSSR count). The van der Waals surface area contributed by atoms with E-state index in [0.717, 1.165) is 0 Å². The van der Waals surface area contributed by atoms with Gasteiger partial charge in [0.1, 0.15) is 0 Å². The summed E-state index contributed by atoms with van der Waals surface area (Å²) in [6, 6.07) is 0. The van der Waals surface area contributed by atoms with Gasteiger partial charge in [-0.05, 0) is 0 Å². The number of aliphatic hydroxyl groups is 1. The largest absolute Gasteiger partial charge is 2.00 e. The quantitative estimate of drug-likeness (QED) is 0.330. The molecule has 0 radical (unpaired) electrons. The van der Waals surface area contributed by atoms with Crippen LogP contribution in [0.25, 0.3) is 0 Å². The van der Waals surface area contributed by atoms with Crippen LogP contribution >= 0.6 is 0 Å². The standard InChI is InChI=1S/C2H7NO.2CH2O3.Ca/c3-1-2-4;2*2-1(3)4;/h4H,1-3H2;2*(H2,2,3,4);/q;;;+2/p-2. The second kappa shape index (κ2) is 22.6. The average Bonchev–Trinajstić information content (AvgIpc) is 1.85. The van der Waals surface area contributed by atoms with Crippen LogP contribution in [-0.2, 0) is 0 Å². The molecule has 9 heteroatoms. The molecule has 0 heterocycles. The molecule has 0 aliphatic carbocycles. The summed E-state index contributed by atoms with van der Waals surface area (Å²) < 4.78 is 0. The molecule has 13 heavy (non-hydrogen) atoms. The van der Waals surface area contributed by atoms with Crippen LogP contribution < -0.4 is 15.9 Å². The van der Waals surface area contributed by atoms with Gasteiger partial charge in [0.25, 0.3) is 0 Å². The maximum Gasteiger partial charge on any atom is 2.00 e. The molecule has 0 bridgehead atoms. The molecule has 0 amide bonds. The van der Waals surface area contributed by atoms with Crippen LogP contribution in [0.15, 0.2) is 0 Å². The summed E-state index contributed by atoms with van der Waals surface area (Å²) in [6.45, 7) is 0.472. The first-order valence-electron chi connectivity index (χ1n) is 2.49. The Kier molecular flexibility index (Phi) is 39.9. The molecule has 0 saturated carbocycles. The van der Waals surface area contributed by atoms with Crippen molar-refractivity contribution in [2.24, 2.45) is 5.73 Å². The van der Waals surface area contributed by atoms with Crippen LogP contribution in [0.5, 0.6) is 0 Å². The van der Waals surface area contributed by atoms with Crippen molar-refractivity contribution in [3.63, 3.8) is 0 Å². The van der Waals surface area contributed by atoms with Crippen molar-refractivity contribution in [1.29, 1.82) is 0 Å². The van der Waals surface area contributed by atoms with Gasteiger partial charge in [0.05, 0.1) is 6.61 Å². The second-order valence-corrected chi connectivity index (χ2v) is 1.04. The van der Waals surface area contributed by atoms with Crippen molar-refractivity contribution >= 4 is 50.0 Å². The van der Waals surface area contributed by atoms with Crippen LogP contribution in [0.4, 0.5) is 9.59 Å². The third kappa shape index (κ3) is 2140. The van der Waals surface area contributed by atoms with Crippen LogP contribution in [0, 0.1) is 0 Å². The summed E-state index contributed by atoms with van der Waals surface area (Å²) in [5.74, 6) is 0. The Hall–Kier alpha value is -0.280. The molecule has 0 atom stereocenters. The van der Waals surface area contributed by atoms with Gasteiger partial charge in [-0.3, -0.25) is 0 Å². The minimum atomic E-state index is -2.08. The molecular weight excluding hydrogens is 214 g/mol. The molecule has 0 spiro atoms. The van der Waals surface area contributed by atoms with Crippen molar-refractivity contribution in [2.75, 3.05) is 13.2 Å². The Morgan fingerprint density at radius 1 is 1.15 bits per heavy atom. The summed E-state index contributed by atoms with van der Waals surface area (Å²) in [6.07, 6.45) is -4.17. The average molecular weight is 223 g/mol. The van der Waals surface area contributed by atoms with E-state index in [1.54, 1.807) is 0 Å². The van der Waals surface area contributed by atoms with E-state index in [1.165, 1.54) is 0 Å². The van der Waals surface area contributed by atoms with Gasteiger partial charge in [-0.2, -0.15) is 0 Å². The zero-order valence-electron chi connectivity index (χ0n) is 6.67. The fourth-order valence-corrected chi connectivity index (χ4v) is 0. The molecular formula is C4H9CaNO7. The van der Waals surface area contributed by atoms with Crippen LogP contribution in [0.3, 0.4) is 0 Å². The minimum absolute atomic E-state index is 0. The summed E-state index contributed by atoms with van der Waals surface area (Å²) in [5, 5.41) is 38.4. The van der Waals surface area contributed by atoms with Crippen molar-refractivity contribution in [3.8, 4) is 0 Å². The molecule has 0 aliphatic rings. The summed E-state index contributed by atoms with van der Waals surface area (Å²) in [5.41, 5.74) is 4.78. The third-order valence-corrected chi connectivity index (χ3v) is 0.129. The van der Waals surface area contributed by atoms with Gasteiger partial charge in [-0.25, -0.2) is 0 Å². The molecule has 0 aliphatic heterocycles. The predicted octanol–water partition coefficient (Wildman–Crippen LogP) is -3.67. The molecule has 0 aromatic rings. The predicted molar refractivity (Wildman–Crippen MR) is 37.9 cm³/mol. The van der Waals surface area contributed by atoms with Crippen LogP contribution in [-0.4, -0.2) is 78.5 Å². The minimum Gasteiger partial charge on any atom is -0.565 e. The van der Waals surface area contributed by atoms with Crippen molar-refractivity contribution < 1.29 is 35.1 Å². The Labute approximate surface area is 104 Å². The molecule has 0 aromatic heterocycles. The van der Waals surface area contributed by atoms with Gasteiger partial charge in [0, 0.05) is 6.54 Å². The van der Waals surface area contributed by atoms with E-state index in [-0.39, 0.29) is 44.3 Å². The van der Waals surface area contributed by atoms with E-state index < -0.39 is 12.3 Å². The first-order chi connectivity index (χ1) is 5.38. The van der Waals surface area contributed by atoms with Gasteiger partial charge in [-0.15, -0.1) is 0 Å². The number of hydrogen-bond donors (Lipinski definition) is 4. The van der Waals surface area contributed by atoms with E-state index in [0.29, 0.717) is 6.54 Å². The number of carboxylic acid groups (broad SMARTS) is 4. The smallest absolute Gasteiger partial charge is 0.565 e. The van der Waals surface area contributed by atoms with Crippen molar-refractivity contribution in [2.45, 2.75) is 0 Å². The maximum absolute atomic E-state index is 8.44. The Morgan fingerprint density at radius 2 is 1.23 bits per heavy atom. The summed E-state index contributed by atoms with van der Waals surface area (Å²) in [7, 11) is 0. The Morgan fingerprint density at radius 3 is 1.23 bits per heavy atom. The van der Waals surface area contributed by atoms with Crippen molar-refractivity contribution in [1.82, 2.24) is 0 Å². The van der Waals surface area contributed by atoms with E-state index in [4.69, 9.17) is 40.9 Å². The molecule has 8 nitrogen and oxygen atoms in total. The van der Waals surface area contributed by atoms with E-state index in [2.05, 4.69) is 0 Å². The van der Waals surface area contributed by atoms with Crippen LogP contribution in [0.2, 0.25) is 0 Å². The second-order valence-electron chi connectivity index (χ2n) is 1.04. The monoisotopic (exact) mass is 223 g/mol. The first kappa shape index (κ1) is 23.0.